The van der Waals surface area contributed by atoms with Gasteiger partial charge in [0.1, 0.15) is 12.4 Å². The molecule has 0 spiro atoms. The van der Waals surface area contributed by atoms with Crippen LogP contribution in [0.25, 0.3) is 0 Å². The van der Waals surface area contributed by atoms with Crippen LogP contribution in [0.2, 0.25) is 0 Å². The summed E-state index contributed by atoms with van der Waals surface area (Å²) in [6.07, 6.45) is 3.91. The van der Waals surface area contributed by atoms with E-state index in [0.29, 0.717) is 25.2 Å². The molecule has 1 aliphatic heterocycles. The minimum absolute atomic E-state index is 0. The van der Waals surface area contributed by atoms with Crippen molar-refractivity contribution < 1.29 is 9.53 Å². The number of methoxy groups -OCH3 is 1. The lowest BCUT2D eigenvalue weighted by molar-refractivity contribution is -0.119. The van der Waals surface area contributed by atoms with Gasteiger partial charge in [-0.15, -0.1) is 24.0 Å². The van der Waals surface area contributed by atoms with E-state index in [-0.39, 0.29) is 36.4 Å². The fourth-order valence-corrected chi connectivity index (χ4v) is 2.91. The zero-order valence-corrected chi connectivity index (χ0v) is 19.4. The van der Waals surface area contributed by atoms with Crippen molar-refractivity contribution in [3.63, 3.8) is 0 Å². The summed E-state index contributed by atoms with van der Waals surface area (Å²) in [5.74, 6) is 1.61. The first-order valence-corrected chi connectivity index (χ1v) is 9.60. The van der Waals surface area contributed by atoms with E-state index in [2.05, 4.69) is 43.0 Å². The Labute approximate surface area is 184 Å². The summed E-state index contributed by atoms with van der Waals surface area (Å²) in [5, 5.41) is 9.43. The molecule has 3 N–H and O–H groups in total. The molecule has 158 valence electrons. The van der Waals surface area contributed by atoms with Crippen LogP contribution in [-0.2, 0) is 9.53 Å². The molecule has 2 rings (SSSR count). The monoisotopic (exact) mass is 504 g/mol. The van der Waals surface area contributed by atoms with Gasteiger partial charge in [0.25, 0.3) is 0 Å². The normalized spacial score (nSPS) is 15.0. The van der Waals surface area contributed by atoms with Gasteiger partial charge in [0.05, 0.1) is 6.61 Å². The van der Waals surface area contributed by atoms with Crippen LogP contribution >= 0.6 is 24.0 Å². The van der Waals surface area contributed by atoms with E-state index in [1.54, 1.807) is 7.11 Å². The first-order chi connectivity index (χ1) is 13.1. The second-order valence-corrected chi connectivity index (χ2v) is 6.64. The Morgan fingerprint density at radius 3 is 2.68 bits per heavy atom. The van der Waals surface area contributed by atoms with Crippen LogP contribution < -0.4 is 20.9 Å². The second kappa shape index (κ2) is 13.5. The zero-order chi connectivity index (χ0) is 19.5. The molecule has 0 atom stereocenters. The number of carbonyl (C=O) groups is 1. The molecule has 1 aromatic rings. The molecule has 1 amide bonds. The van der Waals surface area contributed by atoms with Crippen LogP contribution in [0.4, 0.5) is 5.82 Å². The van der Waals surface area contributed by atoms with Gasteiger partial charge < -0.3 is 25.6 Å². The molecular weight excluding hydrogens is 471 g/mol. The Balaban J connectivity index is 0.00000392. The highest BCUT2D eigenvalue weighted by Gasteiger charge is 2.20. The number of ether oxygens (including phenoxy) is 1. The van der Waals surface area contributed by atoms with Crippen LogP contribution in [0.15, 0.2) is 23.3 Å². The van der Waals surface area contributed by atoms with Gasteiger partial charge in [-0.25, -0.2) is 9.98 Å². The number of hydrogen-bond donors (Lipinski definition) is 3. The topological polar surface area (TPSA) is 90.9 Å². The van der Waals surface area contributed by atoms with E-state index >= 15 is 0 Å². The van der Waals surface area contributed by atoms with Crippen molar-refractivity contribution in [3.05, 3.63) is 23.9 Å². The number of guanidine groups is 1. The molecule has 1 aliphatic rings. The van der Waals surface area contributed by atoms with Gasteiger partial charge in [0.15, 0.2) is 5.96 Å². The predicted octanol–water partition coefficient (Wildman–Crippen LogP) is 1.29. The van der Waals surface area contributed by atoms with Crippen molar-refractivity contribution in [1.82, 2.24) is 20.9 Å². The summed E-state index contributed by atoms with van der Waals surface area (Å²) in [6, 6.07) is 4.51. The lowest BCUT2D eigenvalue weighted by atomic mass is 10.1. The Bertz CT molecular complexity index is 603. The molecule has 0 saturated carbocycles. The van der Waals surface area contributed by atoms with Crippen molar-refractivity contribution in [2.45, 2.75) is 32.7 Å². The molecule has 1 fully saturated rings. The summed E-state index contributed by atoms with van der Waals surface area (Å²) in [6.45, 7) is 7.82. The molecule has 1 saturated heterocycles. The average Bonchev–Trinajstić information content (AvgIpc) is 2.68. The van der Waals surface area contributed by atoms with Crippen LogP contribution in [0.1, 0.15) is 25.3 Å². The second-order valence-electron chi connectivity index (χ2n) is 6.64. The lowest BCUT2D eigenvalue weighted by Gasteiger charge is -2.33. The van der Waals surface area contributed by atoms with E-state index in [9.17, 15) is 4.79 Å². The third kappa shape index (κ3) is 8.59. The third-order valence-corrected chi connectivity index (χ3v) is 4.41. The van der Waals surface area contributed by atoms with Gasteiger partial charge in [0.2, 0.25) is 5.91 Å². The molecule has 0 radical (unpaired) electrons. The highest BCUT2D eigenvalue weighted by Crippen LogP contribution is 2.17. The number of rotatable bonds is 8. The Morgan fingerprint density at radius 2 is 2.07 bits per heavy atom. The van der Waals surface area contributed by atoms with Crippen molar-refractivity contribution in [2.75, 3.05) is 51.3 Å². The smallest absolute Gasteiger partial charge is 0.241 e. The molecular formula is C19H33IN6O2. The Hall–Kier alpha value is -1.62. The molecule has 0 aromatic carbocycles. The molecule has 28 heavy (non-hydrogen) atoms. The lowest BCUT2D eigenvalue weighted by Crippen LogP contribution is -2.49. The SMILES string of the molecule is CCNC(=NCC(=O)NCCOC)NC1CCN(c2ccc(C)cn2)CC1.I. The molecule has 0 unspecified atom stereocenters. The van der Waals surface area contributed by atoms with Gasteiger partial charge in [-0.2, -0.15) is 0 Å². The average molecular weight is 504 g/mol. The van der Waals surface area contributed by atoms with Crippen molar-refractivity contribution >= 4 is 41.7 Å². The summed E-state index contributed by atoms with van der Waals surface area (Å²) < 4.78 is 4.92. The Kier molecular flexibility index (Phi) is 11.8. The highest BCUT2D eigenvalue weighted by molar-refractivity contribution is 14.0. The van der Waals surface area contributed by atoms with Gasteiger partial charge in [-0.05, 0) is 38.3 Å². The van der Waals surface area contributed by atoms with Crippen molar-refractivity contribution in [3.8, 4) is 0 Å². The maximum Gasteiger partial charge on any atom is 0.241 e. The largest absolute Gasteiger partial charge is 0.383 e. The number of carbonyl (C=O) groups excluding carboxylic acids is 1. The first kappa shape index (κ1) is 24.4. The molecule has 0 bridgehead atoms. The maximum absolute atomic E-state index is 11.8. The van der Waals surface area contributed by atoms with E-state index in [4.69, 9.17) is 4.74 Å². The molecule has 0 aliphatic carbocycles. The first-order valence-electron chi connectivity index (χ1n) is 9.60. The number of halogens is 1. The fraction of sp³-hybridized carbons (Fsp3) is 0.632. The minimum atomic E-state index is -0.107. The molecule has 8 nitrogen and oxygen atoms in total. The number of aryl methyl sites for hydroxylation is 1. The quantitative estimate of drug-likeness (QED) is 0.214. The number of aliphatic imine (C=N–C) groups is 1. The third-order valence-electron chi connectivity index (χ3n) is 4.41. The van der Waals surface area contributed by atoms with Crippen LogP contribution in [0, 0.1) is 6.92 Å². The summed E-state index contributed by atoms with van der Waals surface area (Å²) in [7, 11) is 1.61. The van der Waals surface area contributed by atoms with E-state index in [1.165, 1.54) is 5.56 Å². The van der Waals surface area contributed by atoms with Crippen LogP contribution in [-0.4, -0.2) is 69.3 Å². The summed E-state index contributed by atoms with van der Waals surface area (Å²) in [4.78, 5) is 23.0. The maximum atomic E-state index is 11.8. The number of hydrogen-bond acceptors (Lipinski definition) is 5. The highest BCUT2D eigenvalue weighted by atomic mass is 127. The van der Waals surface area contributed by atoms with E-state index in [1.807, 2.05) is 20.0 Å². The van der Waals surface area contributed by atoms with Crippen molar-refractivity contribution in [1.29, 1.82) is 0 Å². The number of anilines is 1. The van der Waals surface area contributed by atoms with Crippen molar-refractivity contribution in [2.24, 2.45) is 4.99 Å². The number of pyridine rings is 1. The van der Waals surface area contributed by atoms with Crippen LogP contribution in [0.5, 0.6) is 0 Å². The summed E-state index contributed by atoms with van der Waals surface area (Å²) >= 11 is 0. The van der Waals surface area contributed by atoms with E-state index < -0.39 is 0 Å². The number of amides is 1. The minimum Gasteiger partial charge on any atom is -0.383 e. The number of nitrogens with one attached hydrogen (secondary N) is 3. The number of aromatic nitrogens is 1. The molecule has 2 heterocycles. The van der Waals surface area contributed by atoms with Gasteiger partial charge in [-0.3, -0.25) is 4.79 Å². The standard InChI is InChI=1S/C19H32N6O2.HI/c1-4-20-19(23-14-18(26)21-9-12-27-3)24-16-7-10-25(11-8-16)17-6-5-15(2)13-22-17;/h5-6,13,16H,4,7-12,14H2,1-3H3,(H,21,26)(H2,20,23,24);1H. The fourth-order valence-electron chi connectivity index (χ4n) is 2.91. The molecule has 9 heteroatoms. The zero-order valence-electron chi connectivity index (χ0n) is 17.0. The number of piperidine rings is 1. The Morgan fingerprint density at radius 1 is 1.32 bits per heavy atom. The summed E-state index contributed by atoms with van der Waals surface area (Å²) in [5.41, 5.74) is 1.17. The van der Waals surface area contributed by atoms with Gasteiger partial charge in [-0.1, -0.05) is 6.07 Å². The van der Waals surface area contributed by atoms with Gasteiger partial charge in [0, 0.05) is 45.5 Å². The van der Waals surface area contributed by atoms with E-state index in [0.717, 1.165) is 38.3 Å². The van der Waals surface area contributed by atoms with Crippen LogP contribution in [0.3, 0.4) is 0 Å². The number of nitrogens with zero attached hydrogens (tertiary/aromatic N) is 3. The van der Waals surface area contributed by atoms with Gasteiger partial charge >= 0.3 is 0 Å². The predicted molar refractivity (Wildman–Crippen MR) is 124 cm³/mol. The molecule has 1 aromatic heterocycles.